The van der Waals surface area contributed by atoms with E-state index < -0.39 is 0 Å². The maximum atomic E-state index is 13.0. The lowest BCUT2D eigenvalue weighted by Crippen LogP contribution is -2.36. The number of hydrogen-bond donors (Lipinski definition) is 1. The summed E-state index contributed by atoms with van der Waals surface area (Å²) >= 11 is 0. The molecule has 2 aromatic rings. The zero-order valence-corrected chi connectivity index (χ0v) is 16.7. The molecule has 2 amide bonds. The van der Waals surface area contributed by atoms with Gasteiger partial charge in [0.05, 0.1) is 5.92 Å². The number of benzene rings is 2. The van der Waals surface area contributed by atoms with Crippen molar-refractivity contribution in [3.05, 3.63) is 70.8 Å². The fraction of sp³-hybridized carbons (Fsp3) is 0.417. The van der Waals surface area contributed by atoms with Gasteiger partial charge in [0.1, 0.15) is 0 Å². The first-order valence-electron chi connectivity index (χ1n) is 10.2. The van der Waals surface area contributed by atoms with Gasteiger partial charge in [-0.2, -0.15) is 0 Å². The van der Waals surface area contributed by atoms with Gasteiger partial charge in [0.2, 0.25) is 5.91 Å². The van der Waals surface area contributed by atoms with E-state index in [1.807, 2.05) is 36.1 Å². The van der Waals surface area contributed by atoms with Crippen LogP contribution in [0.4, 0.5) is 0 Å². The molecule has 2 aliphatic rings. The molecule has 4 nitrogen and oxygen atoms in total. The molecule has 1 saturated carbocycles. The van der Waals surface area contributed by atoms with Gasteiger partial charge in [-0.3, -0.25) is 9.59 Å². The summed E-state index contributed by atoms with van der Waals surface area (Å²) in [5.41, 5.74) is 4.15. The first-order chi connectivity index (χ1) is 13.5. The largest absolute Gasteiger partial charge is 0.356 e. The van der Waals surface area contributed by atoms with E-state index >= 15 is 0 Å². The van der Waals surface area contributed by atoms with Gasteiger partial charge in [0, 0.05) is 31.1 Å². The van der Waals surface area contributed by atoms with Gasteiger partial charge in [-0.15, -0.1) is 0 Å². The van der Waals surface area contributed by atoms with Crippen LogP contribution in [0.2, 0.25) is 0 Å². The minimum Gasteiger partial charge on any atom is -0.356 e. The lowest BCUT2D eigenvalue weighted by atomic mass is 9.88. The first-order valence-corrected chi connectivity index (χ1v) is 10.2. The Bertz CT molecular complexity index is 853. The van der Waals surface area contributed by atoms with Crippen LogP contribution in [0.1, 0.15) is 45.8 Å². The zero-order valence-electron chi connectivity index (χ0n) is 16.7. The Morgan fingerprint density at radius 3 is 2.14 bits per heavy atom. The smallest absolute Gasteiger partial charge is 0.253 e. The predicted octanol–water partition coefficient (Wildman–Crippen LogP) is 3.69. The molecule has 4 heteroatoms. The Labute approximate surface area is 166 Å². The Hall–Kier alpha value is -2.62. The maximum absolute atomic E-state index is 13.0. The molecule has 146 valence electrons. The van der Waals surface area contributed by atoms with Crippen LogP contribution < -0.4 is 5.32 Å². The number of nitrogens with zero attached hydrogens (tertiary/aromatic N) is 1. The van der Waals surface area contributed by atoms with Crippen molar-refractivity contribution in [3.8, 4) is 0 Å². The standard InChI is InChI=1S/C24H28N2O2/c1-16-3-9-19(10-4-16)21-14-26(24(28)20-11-5-17(2)6-12-20)15-22(21)23(27)25-13-18-7-8-18/h3-6,9-12,18,21-22H,7-8,13-15H2,1-2H3,(H,25,27)/t21-,22-/m0/s1. The van der Waals surface area contributed by atoms with Gasteiger partial charge < -0.3 is 10.2 Å². The monoisotopic (exact) mass is 376 g/mol. The molecular formula is C24H28N2O2. The van der Waals surface area contributed by atoms with E-state index in [0.717, 1.165) is 17.7 Å². The van der Waals surface area contributed by atoms with E-state index in [-0.39, 0.29) is 23.7 Å². The van der Waals surface area contributed by atoms with Crippen LogP contribution in [0.5, 0.6) is 0 Å². The fourth-order valence-electron chi connectivity index (χ4n) is 3.96. The van der Waals surface area contributed by atoms with Crippen molar-refractivity contribution in [3.63, 3.8) is 0 Å². The molecule has 2 atom stereocenters. The van der Waals surface area contributed by atoms with Crippen molar-refractivity contribution in [1.82, 2.24) is 10.2 Å². The van der Waals surface area contributed by atoms with Gasteiger partial charge >= 0.3 is 0 Å². The van der Waals surface area contributed by atoms with E-state index in [1.165, 1.54) is 18.4 Å². The Morgan fingerprint density at radius 1 is 0.929 bits per heavy atom. The van der Waals surface area contributed by atoms with Crippen LogP contribution in [0.25, 0.3) is 0 Å². The summed E-state index contributed by atoms with van der Waals surface area (Å²) in [5.74, 6) is 0.574. The lowest BCUT2D eigenvalue weighted by Gasteiger charge is -2.18. The third-order valence-electron chi connectivity index (χ3n) is 6.01. The molecule has 2 fully saturated rings. The molecule has 1 aliphatic heterocycles. The third-order valence-corrected chi connectivity index (χ3v) is 6.01. The molecule has 1 aliphatic carbocycles. The Balaban J connectivity index is 1.54. The summed E-state index contributed by atoms with van der Waals surface area (Å²) in [6, 6.07) is 16.0. The highest BCUT2D eigenvalue weighted by Gasteiger charge is 2.40. The quantitative estimate of drug-likeness (QED) is 0.865. The van der Waals surface area contributed by atoms with Crippen LogP contribution in [0.3, 0.4) is 0 Å². The Morgan fingerprint density at radius 2 is 1.54 bits per heavy atom. The van der Waals surface area contributed by atoms with Crippen molar-refractivity contribution >= 4 is 11.8 Å². The molecule has 0 unspecified atom stereocenters. The molecule has 0 bridgehead atoms. The highest BCUT2D eigenvalue weighted by molar-refractivity contribution is 5.95. The number of likely N-dealkylation sites (tertiary alicyclic amines) is 1. The highest BCUT2D eigenvalue weighted by Crippen LogP contribution is 2.34. The summed E-state index contributed by atoms with van der Waals surface area (Å²) in [5, 5.41) is 3.13. The SMILES string of the molecule is Cc1ccc(C(=O)N2C[C@H](C(=O)NCC3CC3)[C@H](c3ccc(C)cc3)C2)cc1. The van der Waals surface area contributed by atoms with Crippen LogP contribution in [0.15, 0.2) is 48.5 Å². The average molecular weight is 377 g/mol. The summed E-state index contributed by atoms with van der Waals surface area (Å²) in [6.45, 7) is 5.89. The van der Waals surface area contributed by atoms with Crippen LogP contribution in [-0.4, -0.2) is 36.3 Å². The summed E-state index contributed by atoms with van der Waals surface area (Å²) in [4.78, 5) is 27.8. The van der Waals surface area contributed by atoms with Crippen molar-refractivity contribution in [1.29, 1.82) is 0 Å². The van der Waals surface area contributed by atoms with Gasteiger partial charge in [0.15, 0.2) is 0 Å². The van der Waals surface area contributed by atoms with Crippen LogP contribution in [0, 0.1) is 25.7 Å². The van der Waals surface area contributed by atoms with Gasteiger partial charge in [-0.1, -0.05) is 47.5 Å². The van der Waals surface area contributed by atoms with Crippen LogP contribution >= 0.6 is 0 Å². The van der Waals surface area contributed by atoms with Crippen LogP contribution in [-0.2, 0) is 4.79 Å². The number of carbonyl (C=O) groups excluding carboxylic acids is 2. The molecule has 0 spiro atoms. The minimum absolute atomic E-state index is 0.00889. The number of aryl methyl sites for hydroxylation is 2. The summed E-state index contributed by atoms with van der Waals surface area (Å²) in [7, 11) is 0. The minimum atomic E-state index is -0.198. The molecule has 1 heterocycles. The molecule has 0 radical (unpaired) electrons. The second kappa shape index (κ2) is 7.78. The number of nitrogens with one attached hydrogen (secondary N) is 1. The van der Waals surface area contributed by atoms with Crippen molar-refractivity contribution < 1.29 is 9.59 Å². The number of rotatable bonds is 5. The van der Waals surface area contributed by atoms with Gasteiger partial charge in [-0.25, -0.2) is 0 Å². The lowest BCUT2D eigenvalue weighted by molar-refractivity contribution is -0.125. The van der Waals surface area contributed by atoms with Gasteiger partial charge in [-0.05, 0) is 50.3 Å². The van der Waals surface area contributed by atoms with E-state index in [2.05, 4.69) is 36.5 Å². The number of carbonyl (C=O) groups is 2. The molecule has 4 rings (SSSR count). The number of amides is 2. The highest BCUT2D eigenvalue weighted by atomic mass is 16.2. The molecule has 28 heavy (non-hydrogen) atoms. The van der Waals surface area contributed by atoms with Crippen molar-refractivity contribution in [2.45, 2.75) is 32.6 Å². The summed E-state index contributed by atoms with van der Waals surface area (Å²) < 4.78 is 0. The zero-order chi connectivity index (χ0) is 19.7. The average Bonchev–Trinajstić information content (AvgIpc) is 3.43. The maximum Gasteiger partial charge on any atom is 0.253 e. The topological polar surface area (TPSA) is 49.4 Å². The predicted molar refractivity (Wildman–Crippen MR) is 110 cm³/mol. The van der Waals surface area contributed by atoms with E-state index in [0.29, 0.717) is 24.6 Å². The molecule has 2 aromatic carbocycles. The second-order valence-electron chi connectivity index (χ2n) is 8.39. The molecule has 0 aromatic heterocycles. The third kappa shape index (κ3) is 4.11. The molecule has 1 N–H and O–H groups in total. The fourth-order valence-corrected chi connectivity index (χ4v) is 3.96. The van der Waals surface area contributed by atoms with E-state index in [1.54, 1.807) is 0 Å². The number of hydrogen-bond acceptors (Lipinski definition) is 2. The first kappa shape index (κ1) is 18.7. The van der Waals surface area contributed by atoms with Crippen molar-refractivity contribution in [2.75, 3.05) is 19.6 Å². The van der Waals surface area contributed by atoms with E-state index in [9.17, 15) is 9.59 Å². The van der Waals surface area contributed by atoms with E-state index in [4.69, 9.17) is 0 Å². The normalized spacial score (nSPS) is 21.6. The van der Waals surface area contributed by atoms with Crippen molar-refractivity contribution in [2.24, 2.45) is 11.8 Å². The Kier molecular flexibility index (Phi) is 5.21. The second-order valence-corrected chi connectivity index (χ2v) is 8.39. The van der Waals surface area contributed by atoms with Gasteiger partial charge in [0.25, 0.3) is 5.91 Å². The summed E-state index contributed by atoms with van der Waals surface area (Å²) in [6.07, 6.45) is 2.43. The molecule has 1 saturated heterocycles. The molecular weight excluding hydrogens is 348 g/mol.